The van der Waals surface area contributed by atoms with Gasteiger partial charge in [0.1, 0.15) is 0 Å². The first kappa shape index (κ1) is 11.5. The number of nitrogens with one attached hydrogen (secondary N) is 2. The van der Waals surface area contributed by atoms with E-state index in [1.807, 2.05) is 6.92 Å². The molecule has 1 heterocycles. The highest BCUT2D eigenvalue weighted by Crippen LogP contribution is 2.24. The average molecular weight is 198 g/mol. The van der Waals surface area contributed by atoms with Gasteiger partial charge in [-0.15, -0.1) is 0 Å². The third-order valence-electron chi connectivity index (χ3n) is 2.92. The van der Waals surface area contributed by atoms with Crippen LogP contribution in [-0.2, 0) is 4.79 Å². The van der Waals surface area contributed by atoms with Gasteiger partial charge in [-0.1, -0.05) is 13.8 Å². The van der Waals surface area contributed by atoms with Gasteiger partial charge in [-0.3, -0.25) is 4.79 Å². The number of carbonyl (C=O) groups is 1. The predicted molar refractivity (Wildman–Crippen MR) is 58.1 cm³/mol. The summed E-state index contributed by atoms with van der Waals surface area (Å²) in [5.74, 6) is 0.868. The molecule has 1 amide bonds. The number of hydrogen-bond acceptors (Lipinski definition) is 2. The summed E-state index contributed by atoms with van der Waals surface area (Å²) < 4.78 is 0. The van der Waals surface area contributed by atoms with Gasteiger partial charge in [-0.25, -0.2) is 0 Å². The van der Waals surface area contributed by atoms with Gasteiger partial charge in [0.25, 0.3) is 0 Å². The molecule has 0 aromatic heterocycles. The molecule has 0 bridgehead atoms. The van der Waals surface area contributed by atoms with Crippen molar-refractivity contribution in [1.82, 2.24) is 10.6 Å². The SMILES string of the molecule is CC(C)CCNC(=O)C1(C)CCNC1. The van der Waals surface area contributed by atoms with Crippen molar-refractivity contribution in [3.63, 3.8) is 0 Å². The van der Waals surface area contributed by atoms with Gasteiger partial charge in [-0.2, -0.15) is 0 Å². The second-order valence-electron chi connectivity index (χ2n) is 4.93. The molecule has 1 atom stereocenters. The summed E-state index contributed by atoms with van der Waals surface area (Å²) >= 11 is 0. The molecule has 0 aromatic carbocycles. The average Bonchev–Trinajstić information content (AvgIpc) is 2.52. The van der Waals surface area contributed by atoms with Crippen LogP contribution in [0, 0.1) is 11.3 Å². The minimum atomic E-state index is -0.170. The highest BCUT2D eigenvalue weighted by molar-refractivity contribution is 5.82. The molecule has 1 aliphatic rings. The van der Waals surface area contributed by atoms with Crippen molar-refractivity contribution in [3.05, 3.63) is 0 Å². The molecule has 0 spiro atoms. The van der Waals surface area contributed by atoms with Crippen molar-refractivity contribution in [1.29, 1.82) is 0 Å². The van der Waals surface area contributed by atoms with Crippen LogP contribution in [0.2, 0.25) is 0 Å². The summed E-state index contributed by atoms with van der Waals surface area (Å²) in [5.41, 5.74) is -0.170. The quantitative estimate of drug-likeness (QED) is 0.711. The van der Waals surface area contributed by atoms with E-state index in [1.165, 1.54) is 0 Å². The molecule has 1 unspecified atom stereocenters. The minimum absolute atomic E-state index is 0.170. The number of amides is 1. The number of carbonyl (C=O) groups excluding carboxylic acids is 1. The molecule has 2 N–H and O–H groups in total. The highest BCUT2D eigenvalue weighted by Gasteiger charge is 2.35. The van der Waals surface area contributed by atoms with Crippen LogP contribution in [0.4, 0.5) is 0 Å². The second-order valence-corrected chi connectivity index (χ2v) is 4.93. The summed E-state index contributed by atoms with van der Waals surface area (Å²) in [6.45, 7) is 8.98. The fraction of sp³-hybridized carbons (Fsp3) is 0.909. The first-order chi connectivity index (χ1) is 6.54. The van der Waals surface area contributed by atoms with E-state index >= 15 is 0 Å². The fourth-order valence-corrected chi connectivity index (χ4v) is 1.70. The molecule has 1 aliphatic heterocycles. The molecule has 1 rings (SSSR count). The van der Waals surface area contributed by atoms with Gasteiger partial charge >= 0.3 is 0 Å². The van der Waals surface area contributed by atoms with Crippen LogP contribution in [-0.4, -0.2) is 25.5 Å². The van der Waals surface area contributed by atoms with Crippen LogP contribution >= 0.6 is 0 Å². The zero-order valence-electron chi connectivity index (χ0n) is 9.52. The van der Waals surface area contributed by atoms with Crippen LogP contribution in [0.1, 0.15) is 33.6 Å². The van der Waals surface area contributed by atoms with Crippen molar-refractivity contribution < 1.29 is 4.79 Å². The Morgan fingerprint density at radius 2 is 2.29 bits per heavy atom. The standard InChI is InChI=1S/C11H22N2O/c1-9(2)4-6-13-10(14)11(3)5-7-12-8-11/h9,12H,4-8H2,1-3H3,(H,13,14). The Balaban J connectivity index is 2.27. The van der Waals surface area contributed by atoms with E-state index in [1.54, 1.807) is 0 Å². The Labute approximate surface area is 86.6 Å². The van der Waals surface area contributed by atoms with E-state index in [-0.39, 0.29) is 11.3 Å². The molecule has 0 radical (unpaired) electrons. The zero-order chi connectivity index (χ0) is 10.6. The topological polar surface area (TPSA) is 41.1 Å². The van der Waals surface area contributed by atoms with E-state index in [4.69, 9.17) is 0 Å². The van der Waals surface area contributed by atoms with E-state index in [9.17, 15) is 4.79 Å². The Bertz CT molecular complexity index is 195. The van der Waals surface area contributed by atoms with Crippen LogP contribution < -0.4 is 10.6 Å². The molecule has 1 saturated heterocycles. The normalized spacial score (nSPS) is 26.9. The summed E-state index contributed by atoms with van der Waals surface area (Å²) in [6, 6.07) is 0. The van der Waals surface area contributed by atoms with Crippen molar-refractivity contribution in [2.75, 3.05) is 19.6 Å². The molecule has 82 valence electrons. The van der Waals surface area contributed by atoms with Crippen molar-refractivity contribution in [3.8, 4) is 0 Å². The molecule has 0 aromatic rings. The molecular weight excluding hydrogens is 176 g/mol. The van der Waals surface area contributed by atoms with Gasteiger partial charge in [0.2, 0.25) is 5.91 Å². The van der Waals surface area contributed by atoms with Gasteiger partial charge < -0.3 is 10.6 Å². The summed E-state index contributed by atoms with van der Waals surface area (Å²) in [6.07, 6.45) is 2.02. The van der Waals surface area contributed by atoms with Gasteiger partial charge in [0.05, 0.1) is 5.41 Å². The first-order valence-corrected chi connectivity index (χ1v) is 5.53. The lowest BCUT2D eigenvalue weighted by Crippen LogP contribution is -2.40. The Morgan fingerprint density at radius 3 is 2.79 bits per heavy atom. The molecular formula is C11H22N2O. The number of rotatable bonds is 4. The third kappa shape index (κ3) is 2.98. The lowest BCUT2D eigenvalue weighted by molar-refractivity contribution is -0.129. The van der Waals surface area contributed by atoms with E-state index < -0.39 is 0 Å². The highest BCUT2D eigenvalue weighted by atomic mass is 16.2. The van der Waals surface area contributed by atoms with Crippen LogP contribution in [0.25, 0.3) is 0 Å². The first-order valence-electron chi connectivity index (χ1n) is 5.53. The predicted octanol–water partition coefficient (Wildman–Crippen LogP) is 1.15. The van der Waals surface area contributed by atoms with Gasteiger partial charge in [0, 0.05) is 13.1 Å². The largest absolute Gasteiger partial charge is 0.356 e. The van der Waals surface area contributed by atoms with E-state index in [0.717, 1.165) is 32.5 Å². The van der Waals surface area contributed by atoms with E-state index in [2.05, 4.69) is 24.5 Å². The smallest absolute Gasteiger partial charge is 0.227 e. The second kappa shape index (κ2) is 4.78. The lowest BCUT2D eigenvalue weighted by atomic mass is 9.89. The van der Waals surface area contributed by atoms with Crippen molar-refractivity contribution >= 4 is 5.91 Å². The monoisotopic (exact) mass is 198 g/mol. The van der Waals surface area contributed by atoms with Gasteiger partial charge in [0.15, 0.2) is 0 Å². The summed E-state index contributed by atoms with van der Waals surface area (Å²) in [4.78, 5) is 11.8. The molecule has 3 nitrogen and oxygen atoms in total. The molecule has 3 heteroatoms. The lowest BCUT2D eigenvalue weighted by Gasteiger charge is -2.21. The number of hydrogen-bond donors (Lipinski definition) is 2. The minimum Gasteiger partial charge on any atom is -0.356 e. The fourth-order valence-electron chi connectivity index (χ4n) is 1.70. The Morgan fingerprint density at radius 1 is 1.57 bits per heavy atom. The van der Waals surface area contributed by atoms with Crippen molar-refractivity contribution in [2.24, 2.45) is 11.3 Å². The van der Waals surface area contributed by atoms with E-state index in [0.29, 0.717) is 5.92 Å². The van der Waals surface area contributed by atoms with Crippen molar-refractivity contribution in [2.45, 2.75) is 33.6 Å². The maximum Gasteiger partial charge on any atom is 0.227 e. The maximum atomic E-state index is 11.8. The third-order valence-corrected chi connectivity index (χ3v) is 2.92. The van der Waals surface area contributed by atoms with Gasteiger partial charge in [-0.05, 0) is 32.2 Å². The molecule has 0 aliphatic carbocycles. The van der Waals surface area contributed by atoms with Crippen LogP contribution in [0.5, 0.6) is 0 Å². The molecule has 0 saturated carbocycles. The molecule has 14 heavy (non-hydrogen) atoms. The van der Waals surface area contributed by atoms with Crippen LogP contribution in [0.3, 0.4) is 0 Å². The van der Waals surface area contributed by atoms with Crippen LogP contribution in [0.15, 0.2) is 0 Å². The summed E-state index contributed by atoms with van der Waals surface area (Å²) in [7, 11) is 0. The maximum absolute atomic E-state index is 11.8. The Kier molecular flexibility index (Phi) is 3.93. The Hall–Kier alpha value is -0.570. The summed E-state index contributed by atoms with van der Waals surface area (Å²) in [5, 5.41) is 6.25. The zero-order valence-corrected chi connectivity index (χ0v) is 9.52. The molecule has 1 fully saturated rings.